The topological polar surface area (TPSA) is 61.4 Å². The van der Waals surface area contributed by atoms with Crippen LogP contribution in [0.4, 0.5) is 29.3 Å². The number of carbonyl (C=O) groups is 1. The van der Waals surface area contributed by atoms with Gasteiger partial charge < -0.3 is 15.7 Å². The summed E-state index contributed by atoms with van der Waals surface area (Å²) in [6.07, 6.45) is -4.56. The average molecular weight is 381 g/mol. The highest BCUT2D eigenvalue weighted by Crippen LogP contribution is 2.34. The number of aromatic hydroxyl groups is 1. The van der Waals surface area contributed by atoms with E-state index in [1.807, 2.05) is 0 Å². The van der Waals surface area contributed by atoms with Crippen LogP contribution < -0.4 is 10.6 Å². The minimum atomic E-state index is -4.56. The number of anilines is 2. The summed E-state index contributed by atoms with van der Waals surface area (Å²) >= 11 is 5.84. The molecule has 0 aromatic heterocycles. The van der Waals surface area contributed by atoms with E-state index in [-0.39, 0.29) is 22.1 Å². The lowest BCUT2D eigenvalue weighted by molar-refractivity contribution is -0.137. The molecule has 0 bridgehead atoms. The van der Waals surface area contributed by atoms with Gasteiger partial charge in [-0.2, -0.15) is 13.2 Å². The smallest absolute Gasteiger partial charge is 0.416 e. The second-order valence-electron chi connectivity index (χ2n) is 5.49. The van der Waals surface area contributed by atoms with Crippen molar-refractivity contribution >= 4 is 39.8 Å². The Bertz CT molecular complexity index is 990. The van der Waals surface area contributed by atoms with Crippen molar-refractivity contribution in [1.29, 1.82) is 0 Å². The second kappa shape index (κ2) is 6.76. The summed E-state index contributed by atoms with van der Waals surface area (Å²) in [6, 6.07) is 12.0. The summed E-state index contributed by atoms with van der Waals surface area (Å²) in [7, 11) is 0. The van der Waals surface area contributed by atoms with Gasteiger partial charge >= 0.3 is 12.2 Å². The van der Waals surface area contributed by atoms with Crippen LogP contribution in [0.1, 0.15) is 5.56 Å². The van der Waals surface area contributed by atoms with Crippen molar-refractivity contribution in [1.82, 2.24) is 0 Å². The molecule has 3 aromatic rings. The zero-order valence-electron chi connectivity index (χ0n) is 13.1. The Morgan fingerprint density at radius 1 is 0.923 bits per heavy atom. The Hall–Kier alpha value is -2.93. The van der Waals surface area contributed by atoms with Gasteiger partial charge in [-0.15, -0.1) is 0 Å². The Morgan fingerprint density at radius 2 is 1.54 bits per heavy atom. The molecule has 0 radical (unpaired) electrons. The molecule has 0 saturated heterocycles. The number of fused-ring (bicyclic) bond motifs is 1. The highest BCUT2D eigenvalue weighted by molar-refractivity contribution is 6.33. The van der Waals surface area contributed by atoms with Crippen LogP contribution in [-0.4, -0.2) is 11.1 Å². The van der Waals surface area contributed by atoms with Gasteiger partial charge in [0.15, 0.2) is 0 Å². The van der Waals surface area contributed by atoms with E-state index in [0.717, 1.165) is 29.0 Å². The molecule has 0 fully saturated rings. The third-order valence-electron chi connectivity index (χ3n) is 3.65. The highest BCUT2D eigenvalue weighted by atomic mass is 35.5. The van der Waals surface area contributed by atoms with E-state index < -0.39 is 17.8 Å². The maximum Gasteiger partial charge on any atom is 0.416 e. The fourth-order valence-corrected chi connectivity index (χ4v) is 2.57. The van der Waals surface area contributed by atoms with Crippen LogP contribution in [0, 0.1) is 0 Å². The molecule has 0 atom stereocenters. The lowest BCUT2D eigenvalue weighted by atomic mass is 10.1. The number of hydrogen-bond donors (Lipinski definition) is 3. The molecule has 0 aliphatic heterocycles. The van der Waals surface area contributed by atoms with E-state index in [1.54, 1.807) is 30.3 Å². The van der Waals surface area contributed by atoms with Crippen molar-refractivity contribution in [2.75, 3.05) is 10.6 Å². The second-order valence-corrected chi connectivity index (χ2v) is 5.90. The number of phenols is 1. The van der Waals surface area contributed by atoms with Crippen molar-refractivity contribution in [3.8, 4) is 5.75 Å². The lowest BCUT2D eigenvalue weighted by Gasteiger charge is -2.13. The summed E-state index contributed by atoms with van der Waals surface area (Å²) in [5, 5.41) is 16.2. The Kier molecular flexibility index (Phi) is 4.65. The number of amides is 2. The molecule has 134 valence electrons. The fraction of sp³-hybridized carbons (Fsp3) is 0.0556. The average Bonchev–Trinajstić information content (AvgIpc) is 2.56. The van der Waals surface area contributed by atoms with Crippen molar-refractivity contribution in [3.63, 3.8) is 0 Å². The molecular weight excluding hydrogens is 369 g/mol. The van der Waals surface area contributed by atoms with Gasteiger partial charge in [-0.1, -0.05) is 35.9 Å². The highest BCUT2D eigenvalue weighted by Gasteiger charge is 2.31. The van der Waals surface area contributed by atoms with Crippen molar-refractivity contribution in [3.05, 3.63) is 65.2 Å². The number of carbonyl (C=O) groups excluding carboxylic acids is 1. The number of rotatable bonds is 2. The van der Waals surface area contributed by atoms with Crippen LogP contribution in [0.2, 0.25) is 5.02 Å². The third kappa shape index (κ3) is 3.83. The summed E-state index contributed by atoms with van der Waals surface area (Å²) in [5.74, 6) is -0.172. The Morgan fingerprint density at radius 3 is 2.19 bits per heavy atom. The van der Waals surface area contributed by atoms with E-state index >= 15 is 0 Å². The van der Waals surface area contributed by atoms with Crippen LogP contribution in [0.15, 0.2) is 54.6 Å². The monoisotopic (exact) mass is 380 g/mol. The summed E-state index contributed by atoms with van der Waals surface area (Å²) in [6.45, 7) is 0. The first-order valence-corrected chi connectivity index (χ1v) is 7.78. The predicted octanol–water partition coefficient (Wildman–Crippen LogP) is 5.86. The maximum atomic E-state index is 12.8. The minimum Gasteiger partial charge on any atom is -0.506 e. The van der Waals surface area contributed by atoms with Gasteiger partial charge in [-0.05, 0) is 41.1 Å². The third-order valence-corrected chi connectivity index (χ3v) is 3.98. The lowest BCUT2D eigenvalue weighted by Crippen LogP contribution is -2.20. The van der Waals surface area contributed by atoms with E-state index in [0.29, 0.717) is 0 Å². The molecule has 0 aliphatic carbocycles. The number of urea groups is 1. The van der Waals surface area contributed by atoms with Crippen molar-refractivity contribution in [2.24, 2.45) is 0 Å². The first-order chi connectivity index (χ1) is 12.2. The van der Waals surface area contributed by atoms with E-state index in [9.17, 15) is 23.1 Å². The van der Waals surface area contributed by atoms with E-state index in [2.05, 4.69) is 10.6 Å². The van der Waals surface area contributed by atoms with Gasteiger partial charge in [0, 0.05) is 0 Å². The van der Waals surface area contributed by atoms with Crippen molar-refractivity contribution in [2.45, 2.75) is 6.18 Å². The van der Waals surface area contributed by atoms with Gasteiger partial charge in [0.25, 0.3) is 0 Å². The molecule has 0 saturated carbocycles. The first-order valence-electron chi connectivity index (χ1n) is 7.40. The van der Waals surface area contributed by atoms with Gasteiger partial charge in [0.1, 0.15) is 5.75 Å². The summed E-state index contributed by atoms with van der Waals surface area (Å²) in [4.78, 5) is 12.1. The Labute approximate surface area is 151 Å². The van der Waals surface area contributed by atoms with Crippen LogP contribution >= 0.6 is 11.6 Å². The van der Waals surface area contributed by atoms with Crippen LogP contribution in [0.5, 0.6) is 5.75 Å². The molecule has 4 nitrogen and oxygen atoms in total. The molecule has 0 unspecified atom stereocenters. The number of halogens is 4. The Balaban J connectivity index is 1.82. The molecule has 3 aromatic carbocycles. The van der Waals surface area contributed by atoms with Gasteiger partial charge in [-0.25, -0.2) is 4.79 Å². The number of phenolic OH excluding ortho intramolecular Hbond substituents is 1. The maximum absolute atomic E-state index is 12.8. The van der Waals surface area contributed by atoms with Crippen LogP contribution in [0.25, 0.3) is 10.8 Å². The van der Waals surface area contributed by atoms with E-state index in [4.69, 9.17) is 11.6 Å². The molecule has 0 heterocycles. The number of benzene rings is 3. The summed E-state index contributed by atoms with van der Waals surface area (Å²) < 4.78 is 38.3. The molecule has 0 aliphatic rings. The molecular formula is C18H12ClF3N2O2. The van der Waals surface area contributed by atoms with Crippen molar-refractivity contribution < 1.29 is 23.1 Å². The normalized spacial score (nSPS) is 11.4. The van der Waals surface area contributed by atoms with Crippen LogP contribution in [-0.2, 0) is 6.18 Å². The van der Waals surface area contributed by atoms with E-state index in [1.165, 1.54) is 6.07 Å². The zero-order chi connectivity index (χ0) is 18.9. The fourth-order valence-electron chi connectivity index (χ4n) is 2.40. The van der Waals surface area contributed by atoms with Crippen LogP contribution in [0.3, 0.4) is 0 Å². The van der Waals surface area contributed by atoms with Gasteiger partial charge in [0.05, 0.1) is 22.0 Å². The first kappa shape index (κ1) is 17.9. The number of alkyl halides is 3. The predicted molar refractivity (Wildman–Crippen MR) is 94.7 cm³/mol. The van der Waals surface area contributed by atoms with Gasteiger partial charge in [-0.3, -0.25) is 0 Å². The number of hydrogen-bond acceptors (Lipinski definition) is 2. The molecule has 26 heavy (non-hydrogen) atoms. The SMILES string of the molecule is O=C(Nc1cc2ccccc2cc1O)Nc1cc(C(F)(F)F)ccc1Cl. The molecule has 3 N–H and O–H groups in total. The molecule has 8 heteroatoms. The quantitative estimate of drug-likeness (QED) is 0.487. The standard InChI is InChI=1S/C18H12ClF3N2O2/c19-13-6-5-12(18(20,21)22)9-14(13)23-17(26)24-15-7-10-3-1-2-4-11(10)8-16(15)25/h1-9,25H,(H2,23,24,26). The largest absolute Gasteiger partial charge is 0.506 e. The summed E-state index contributed by atoms with van der Waals surface area (Å²) in [5.41, 5.74) is -1.02. The molecule has 0 spiro atoms. The molecule has 3 rings (SSSR count). The zero-order valence-corrected chi connectivity index (χ0v) is 13.8. The van der Waals surface area contributed by atoms with Gasteiger partial charge in [0.2, 0.25) is 0 Å². The number of nitrogens with one attached hydrogen (secondary N) is 2. The molecule has 2 amide bonds. The minimum absolute atomic E-state index is 0.0455.